The minimum absolute atomic E-state index is 0.591. The lowest BCUT2D eigenvalue weighted by atomic mass is 9.89. The number of likely N-dealkylation sites (N-methyl/N-ethyl adjacent to an activating group) is 1. The Hall–Kier alpha value is -0.340. The Morgan fingerprint density at radius 1 is 1.12 bits per heavy atom. The van der Waals surface area contributed by atoms with E-state index in [9.17, 15) is 0 Å². The Morgan fingerprint density at radius 3 is 2.29 bits per heavy atom. The van der Waals surface area contributed by atoms with Gasteiger partial charge in [-0.3, -0.25) is 0 Å². The van der Waals surface area contributed by atoms with Gasteiger partial charge in [-0.15, -0.1) is 0 Å². The first-order valence-electron chi connectivity index (χ1n) is 6.69. The summed E-state index contributed by atoms with van der Waals surface area (Å²) >= 11 is 3.64. The van der Waals surface area contributed by atoms with Crippen molar-refractivity contribution < 1.29 is 0 Å². The molecular weight excluding hydrogens is 274 g/mol. The molecule has 0 radical (unpaired) electrons. The van der Waals surface area contributed by atoms with Crippen LogP contribution in [-0.4, -0.2) is 12.6 Å². The van der Waals surface area contributed by atoms with Gasteiger partial charge in [0.05, 0.1) is 0 Å². The van der Waals surface area contributed by atoms with Crippen molar-refractivity contribution in [3.05, 3.63) is 34.3 Å². The zero-order valence-electron chi connectivity index (χ0n) is 11.2. The maximum Gasteiger partial charge on any atom is 0.0207 e. The molecule has 0 aliphatic heterocycles. The average molecular weight is 298 g/mol. The smallest absolute Gasteiger partial charge is 0.0207 e. The zero-order valence-corrected chi connectivity index (χ0v) is 12.8. The number of hydrogen-bond donors (Lipinski definition) is 1. The molecule has 0 saturated carbocycles. The fourth-order valence-corrected chi connectivity index (χ4v) is 2.87. The van der Waals surface area contributed by atoms with Crippen LogP contribution in [0.1, 0.15) is 39.2 Å². The Labute approximate surface area is 114 Å². The monoisotopic (exact) mass is 297 g/mol. The highest BCUT2D eigenvalue weighted by molar-refractivity contribution is 9.10. The highest BCUT2D eigenvalue weighted by Crippen LogP contribution is 2.22. The predicted molar refractivity (Wildman–Crippen MR) is 79.4 cm³/mol. The van der Waals surface area contributed by atoms with E-state index in [-0.39, 0.29) is 0 Å². The molecule has 0 aliphatic rings. The molecule has 0 amide bonds. The number of hydrogen-bond acceptors (Lipinski definition) is 1. The molecule has 2 heteroatoms. The van der Waals surface area contributed by atoms with Crippen LogP contribution in [0, 0.1) is 5.92 Å². The van der Waals surface area contributed by atoms with Crippen LogP contribution in [0.25, 0.3) is 0 Å². The molecule has 1 rings (SSSR count). The van der Waals surface area contributed by atoms with Crippen molar-refractivity contribution in [3.63, 3.8) is 0 Å². The lowest BCUT2D eigenvalue weighted by Crippen LogP contribution is -2.37. The van der Waals surface area contributed by atoms with Crippen molar-refractivity contribution in [1.82, 2.24) is 5.32 Å². The standard InChI is InChI=1S/C15H24BrN/c1-4-12(5-2)15(17-6-3)11-13-9-7-8-10-14(13)16/h7-10,12,15,17H,4-6,11H2,1-3H3. The molecule has 1 N–H and O–H groups in total. The van der Waals surface area contributed by atoms with Gasteiger partial charge in [-0.1, -0.05) is 67.7 Å². The Balaban J connectivity index is 2.75. The first-order chi connectivity index (χ1) is 8.22. The summed E-state index contributed by atoms with van der Waals surface area (Å²) in [6.07, 6.45) is 3.61. The molecule has 0 aromatic heterocycles. The molecule has 1 unspecified atom stereocenters. The molecule has 0 spiro atoms. The number of halogens is 1. The van der Waals surface area contributed by atoms with Gasteiger partial charge in [-0.05, 0) is 30.5 Å². The van der Waals surface area contributed by atoms with Gasteiger partial charge < -0.3 is 5.32 Å². The van der Waals surface area contributed by atoms with Crippen molar-refractivity contribution in [2.24, 2.45) is 5.92 Å². The molecule has 1 aromatic carbocycles. The predicted octanol–water partition coefficient (Wildman–Crippen LogP) is 4.41. The summed E-state index contributed by atoms with van der Waals surface area (Å²) in [5, 5.41) is 3.64. The molecule has 0 heterocycles. The minimum Gasteiger partial charge on any atom is -0.314 e. The van der Waals surface area contributed by atoms with Gasteiger partial charge in [0.2, 0.25) is 0 Å². The number of benzene rings is 1. The van der Waals surface area contributed by atoms with Crippen LogP contribution in [-0.2, 0) is 6.42 Å². The van der Waals surface area contributed by atoms with E-state index in [1.807, 2.05) is 0 Å². The second kappa shape index (κ2) is 7.88. The van der Waals surface area contributed by atoms with Crippen LogP contribution in [0.3, 0.4) is 0 Å². The summed E-state index contributed by atoms with van der Waals surface area (Å²) in [5.41, 5.74) is 1.41. The minimum atomic E-state index is 0.591. The fraction of sp³-hybridized carbons (Fsp3) is 0.600. The highest BCUT2D eigenvalue weighted by Gasteiger charge is 2.18. The molecule has 1 nitrogen and oxygen atoms in total. The Bertz CT molecular complexity index is 320. The topological polar surface area (TPSA) is 12.0 Å². The first-order valence-corrected chi connectivity index (χ1v) is 7.48. The van der Waals surface area contributed by atoms with E-state index in [0.717, 1.165) is 18.9 Å². The highest BCUT2D eigenvalue weighted by atomic mass is 79.9. The van der Waals surface area contributed by atoms with Gasteiger partial charge in [-0.2, -0.15) is 0 Å². The van der Waals surface area contributed by atoms with E-state index in [0.29, 0.717) is 6.04 Å². The van der Waals surface area contributed by atoms with Crippen LogP contribution < -0.4 is 5.32 Å². The molecule has 0 fully saturated rings. The molecule has 0 bridgehead atoms. The summed E-state index contributed by atoms with van der Waals surface area (Å²) in [4.78, 5) is 0. The van der Waals surface area contributed by atoms with Crippen LogP contribution in [0.2, 0.25) is 0 Å². The zero-order chi connectivity index (χ0) is 12.7. The van der Waals surface area contributed by atoms with Crippen LogP contribution in [0.15, 0.2) is 28.7 Å². The second-order valence-electron chi connectivity index (χ2n) is 4.54. The molecule has 0 aliphatic carbocycles. The number of nitrogens with one attached hydrogen (secondary N) is 1. The van der Waals surface area contributed by atoms with Crippen molar-refractivity contribution in [3.8, 4) is 0 Å². The summed E-state index contributed by atoms with van der Waals surface area (Å²) in [6.45, 7) is 7.82. The first kappa shape index (κ1) is 14.7. The van der Waals surface area contributed by atoms with Crippen LogP contribution in [0.5, 0.6) is 0 Å². The lowest BCUT2D eigenvalue weighted by molar-refractivity contribution is 0.336. The lowest BCUT2D eigenvalue weighted by Gasteiger charge is -2.26. The van der Waals surface area contributed by atoms with Gasteiger partial charge >= 0.3 is 0 Å². The largest absolute Gasteiger partial charge is 0.314 e. The van der Waals surface area contributed by atoms with Crippen molar-refractivity contribution in [1.29, 1.82) is 0 Å². The van der Waals surface area contributed by atoms with E-state index in [1.54, 1.807) is 0 Å². The van der Waals surface area contributed by atoms with Crippen molar-refractivity contribution in [2.45, 2.75) is 46.1 Å². The maximum atomic E-state index is 3.64. The third kappa shape index (κ3) is 4.44. The van der Waals surface area contributed by atoms with E-state index >= 15 is 0 Å². The van der Waals surface area contributed by atoms with Crippen LogP contribution >= 0.6 is 15.9 Å². The van der Waals surface area contributed by atoms with E-state index in [4.69, 9.17) is 0 Å². The quantitative estimate of drug-likeness (QED) is 0.786. The van der Waals surface area contributed by atoms with E-state index < -0.39 is 0 Å². The van der Waals surface area contributed by atoms with Gasteiger partial charge in [0.1, 0.15) is 0 Å². The molecule has 0 saturated heterocycles. The molecule has 96 valence electrons. The third-order valence-corrected chi connectivity index (χ3v) is 4.26. The van der Waals surface area contributed by atoms with Gasteiger partial charge in [0, 0.05) is 10.5 Å². The fourth-order valence-electron chi connectivity index (χ4n) is 2.43. The van der Waals surface area contributed by atoms with Crippen LogP contribution in [0.4, 0.5) is 0 Å². The average Bonchev–Trinajstić information content (AvgIpc) is 2.34. The van der Waals surface area contributed by atoms with Gasteiger partial charge in [-0.25, -0.2) is 0 Å². The number of rotatable bonds is 7. The summed E-state index contributed by atoms with van der Waals surface area (Å²) < 4.78 is 1.23. The molecule has 1 aromatic rings. The molecule has 17 heavy (non-hydrogen) atoms. The van der Waals surface area contributed by atoms with Gasteiger partial charge in [0.15, 0.2) is 0 Å². The molecular formula is C15H24BrN. The van der Waals surface area contributed by atoms with Crippen molar-refractivity contribution in [2.75, 3.05) is 6.54 Å². The normalized spacial score (nSPS) is 13.0. The second-order valence-corrected chi connectivity index (χ2v) is 5.39. The van der Waals surface area contributed by atoms with E-state index in [2.05, 4.69) is 66.3 Å². The third-order valence-electron chi connectivity index (χ3n) is 3.48. The molecule has 1 atom stereocenters. The summed E-state index contributed by atoms with van der Waals surface area (Å²) in [7, 11) is 0. The van der Waals surface area contributed by atoms with E-state index in [1.165, 1.54) is 22.9 Å². The Morgan fingerprint density at radius 2 is 1.76 bits per heavy atom. The summed E-state index contributed by atoms with van der Waals surface area (Å²) in [5.74, 6) is 0.766. The van der Waals surface area contributed by atoms with Crippen molar-refractivity contribution >= 4 is 15.9 Å². The SMILES string of the molecule is CCNC(Cc1ccccc1Br)C(CC)CC. The Kier molecular flexibility index (Phi) is 6.83. The van der Waals surface area contributed by atoms with Gasteiger partial charge in [0.25, 0.3) is 0 Å². The maximum absolute atomic E-state index is 3.64. The summed E-state index contributed by atoms with van der Waals surface area (Å²) in [6, 6.07) is 9.14.